The van der Waals surface area contributed by atoms with Gasteiger partial charge >= 0.3 is 11.9 Å². The van der Waals surface area contributed by atoms with Crippen molar-refractivity contribution in [2.24, 2.45) is 0 Å². The zero-order valence-electron chi connectivity index (χ0n) is 11.4. The number of esters is 2. The monoisotopic (exact) mass is 310 g/mol. The number of nitriles is 1. The Balaban J connectivity index is 2.96. The molecule has 22 heavy (non-hydrogen) atoms. The van der Waals surface area contributed by atoms with Gasteiger partial charge in [-0.2, -0.15) is 5.26 Å². The second-order valence-electron chi connectivity index (χ2n) is 4.06. The summed E-state index contributed by atoms with van der Waals surface area (Å²) in [6, 6.07) is 4.45. The van der Waals surface area contributed by atoms with Crippen LogP contribution in [0.15, 0.2) is 18.2 Å². The van der Waals surface area contributed by atoms with Crippen molar-refractivity contribution in [2.75, 3.05) is 7.11 Å². The Labute approximate surface area is 124 Å². The molecule has 116 valence electrons. The van der Waals surface area contributed by atoms with Crippen LogP contribution in [0.25, 0.3) is 0 Å². The molecule has 0 aliphatic heterocycles. The maximum atomic E-state index is 13.9. The largest absolute Gasteiger partial charge is 0.469 e. The first kappa shape index (κ1) is 17.0. The molecule has 0 N–H and O–H groups in total. The fraction of sp³-hybridized carbons (Fsp3) is 0.308. The van der Waals surface area contributed by atoms with Crippen molar-refractivity contribution in [2.45, 2.75) is 18.9 Å². The Morgan fingerprint density at radius 3 is 2.64 bits per heavy atom. The molecule has 0 aliphatic rings. The number of non-ortho nitro benzene ring substituents is 1. The van der Waals surface area contributed by atoms with E-state index >= 15 is 0 Å². The molecule has 0 spiro atoms. The highest BCUT2D eigenvalue weighted by Crippen LogP contribution is 2.27. The van der Waals surface area contributed by atoms with E-state index in [1.165, 1.54) is 0 Å². The van der Waals surface area contributed by atoms with E-state index < -0.39 is 40.9 Å². The van der Waals surface area contributed by atoms with Crippen molar-refractivity contribution in [1.82, 2.24) is 0 Å². The number of rotatable bonds is 6. The van der Waals surface area contributed by atoms with Crippen LogP contribution >= 0.6 is 0 Å². The molecule has 0 radical (unpaired) electrons. The van der Waals surface area contributed by atoms with Crippen LogP contribution in [0.1, 0.15) is 24.5 Å². The van der Waals surface area contributed by atoms with Crippen LogP contribution in [0, 0.1) is 27.3 Å². The van der Waals surface area contributed by atoms with Crippen LogP contribution in [-0.4, -0.2) is 24.0 Å². The van der Waals surface area contributed by atoms with Gasteiger partial charge in [0.15, 0.2) is 0 Å². The second-order valence-corrected chi connectivity index (χ2v) is 4.06. The molecular weight excluding hydrogens is 299 g/mol. The molecule has 0 bridgehead atoms. The first-order valence-corrected chi connectivity index (χ1v) is 5.96. The minimum absolute atomic E-state index is 0.189. The van der Waals surface area contributed by atoms with Gasteiger partial charge in [0.1, 0.15) is 18.3 Å². The maximum absolute atomic E-state index is 13.9. The number of hydrogen-bond acceptors (Lipinski definition) is 7. The van der Waals surface area contributed by atoms with E-state index in [0.29, 0.717) is 6.07 Å². The second kappa shape index (κ2) is 7.68. The molecule has 0 aromatic heterocycles. The summed E-state index contributed by atoms with van der Waals surface area (Å²) in [6.07, 6.45) is -2.34. The molecule has 1 aromatic carbocycles. The number of nitrogens with zero attached hydrogens (tertiary/aromatic N) is 2. The van der Waals surface area contributed by atoms with Gasteiger partial charge in [0.05, 0.1) is 30.6 Å². The Bertz CT molecular complexity index is 640. The van der Waals surface area contributed by atoms with E-state index in [1.807, 2.05) is 0 Å². The Morgan fingerprint density at radius 1 is 1.45 bits per heavy atom. The smallest absolute Gasteiger partial charge is 0.317 e. The van der Waals surface area contributed by atoms with Crippen LogP contribution < -0.4 is 0 Å². The fourth-order valence-corrected chi connectivity index (χ4v) is 1.58. The predicted molar refractivity (Wildman–Crippen MR) is 68.8 cm³/mol. The number of methoxy groups -OCH3 is 1. The van der Waals surface area contributed by atoms with Crippen LogP contribution in [0.2, 0.25) is 0 Å². The van der Waals surface area contributed by atoms with Crippen LogP contribution in [0.5, 0.6) is 0 Å². The first-order chi connectivity index (χ1) is 10.4. The number of carbonyl (C=O) groups excluding carboxylic acids is 2. The quantitative estimate of drug-likeness (QED) is 0.340. The molecule has 0 heterocycles. The highest BCUT2D eigenvalue weighted by atomic mass is 19.1. The van der Waals surface area contributed by atoms with Gasteiger partial charge in [-0.15, -0.1) is 0 Å². The number of halogens is 1. The molecule has 1 rings (SSSR count). The maximum Gasteiger partial charge on any atom is 0.317 e. The molecule has 1 aromatic rings. The molecular formula is C13H11FN2O6. The first-order valence-electron chi connectivity index (χ1n) is 5.96. The van der Waals surface area contributed by atoms with E-state index in [1.54, 1.807) is 6.07 Å². The minimum atomic E-state index is -1.28. The van der Waals surface area contributed by atoms with Crippen LogP contribution in [-0.2, 0) is 19.1 Å². The summed E-state index contributed by atoms with van der Waals surface area (Å²) in [4.78, 5) is 32.2. The van der Waals surface area contributed by atoms with Gasteiger partial charge in [0.25, 0.3) is 5.69 Å². The van der Waals surface area contributed by atoms with Crippen molar-refractivity contribution in [3.8, 4) is 6.07 Å². The lowest BCUT2D eigenvalue weighted by atomic mass is 10.1. The molecule has 0 aliphatic carbocycles. The normalized spacial score (nSPS) is 11.1. The summed E-state index contributed by atoms with van der Waals surface area (Å²) in [7, 11) is 1.08. The van der Waals surface area contributed by atoms with Crippen molar-refractivity contribution >= 4 is 17.6 Å². The van der Waals surface area contributed by atoms with Gasteiger partial charge in [-0.25, -0.2) is 4.39 Å². The van der Waals surface area contributed by atoms with Crippen LogP contribution in [0.3, 0.4) is 0 Å². The molecule has 0 saturated carbocycles. The number of nitro benzene ring substituents is 1. The van der Waals surface area contributed by atoms with Crippen molar-refractivity contribution < 1.29 is 28.4 Å². The topological polar surface area (TPSA) is 120 Å². The zero-order chi connectivity index (χ0) is 16.7. The van der Waals surface area contributed by atoms with Crippen molar-refractivity contribution in [1.29, 1.82) is 5.26 Å². The molecule has 0 fully saturated rings. The molecule has 1 atom stereocenters. The number of carbonyl (C=O) groups is 2. The molecule has 1 unspecified atom stereocenters. The van der Waals surface area contributed by atoms with E-state index in [4.69, 9.17) is 10.00 Å². The van der Waals surface area contributed by atoms with Crippen molar-refractivity contribution in [3.63, 3.8) is 0 Å². The lowest BCUT2D eigenvalue weighted by molar-refractivity contribution is -0.385. The fourth-order valence-electron chi connectivity index (χ4n) is 1.58. The van der Waals surface area contributed by atoms with E-state index in [-0.39, 0.29) is 12.0 Å². The van der Waals surface area contributed by atoms with Gasteiger partial charge in [0, 0.05) is 11.6 Å². The number of nitro groups is 1. The van der Waals surface area contributed by atoms with E-state index in [9.17, 15) is 24.1 Å². The summed E-state index contributed by atoms with van der Waals surface area (Å²) in [5.41, 5.74) is -0.664. The highest BCUT2D eigenvalue weighted by molar-refractivity contribution is 5.91. The summed E-state index contributed by atoms with van der Waals surface area (Å²) in [5, 5.41) is 19.3. The summed E-state index contributed by atoms with van der Waals surface area (Å²) < 4.78 is 23.0. The third-order valence-corrected chi connectivity index (χ3v) is 2.61. The summed E-state index contributed by atoms with van der Waals surface area (Å²) >= 11 is 0. The average molecular weight is 310 g/mol. The summed E-state index contributed by atoms with van der Waals surface area (Å²) in [6.45, 7) is 0. The molecule has 8 nitrogen and oxygen atoms in total. The lowest BCUT2D eigenvalue weighted by Crippen LogP contribution is -2.16. The molecule has 0 saturated heterocycles. The molecule has 0 amide bonds. The number of benzene rings is 1. The minimum Gasteiger partial charge on any atom is -0.469 e. The van der Waals surface area contributed by atoms with Gasteiger partial charge in [-0.1, -0.05) is 0 Å². The standard InChI is InChI=1S/C13H11FN2O6/c1-21-12(17)7-13(18)22-11(4-5-15)9-3-2-8(16(19)20)6-10(9)14/h2-3,6,11H,4,7H2,1H3. The number of ether oxygens (including phenoxy) is 2. The third kappa shape index (κ3) is 4.52. The van der Waals surface area contributed by atoms with Gasteiger partial charge in [0.2, 0.25) is 0 Å². The Kier molecular flexibility index (Phi) is 5.95. The molecule has 9 heteroatoms. The zero-order valence-corrected chi connectivity index (χ0v) is 11.4. The van der Waals surface area contributed by atoms with Gasteiger partial charge < -0.3 is 9.47 Å². The summed E-state index contributed by atoms with van der Waals surface area (Å²) in [5.74, 6) is -2.82. The van der Waals surface area contributed by atoms with Gasteiger partial charge in [-0.05, 0) is 6.07 Å². The van der Waals surface area contributed by atoms with Gasteiger partial charge in [-0.3, -0.25) is 19.7 Å². The average Bonchev–Trinajstić information content (AvgIpc) is 2.46. The van der Waals surface area contributed by atoms with Crippen LogP contribution in [0.4, 0.5) is 10.1 Å². The third-order valence-electron chi connectivity index (χ3n) is 2.61. The lowest BCUT2D eigenvalue weighted by Gasteiger charge is -2.15. The SMILES string of the molecule is COC(=O)CC(=O)OC(CC#N)c1ccc([N+](=O)[O-])cc1F. The predicted octanol–water partition coefficient (Wildman–Crippen LogP) is 1.79. The Morgan fingerprint density at radius 2 is 2.14 bits per heavy atom. The highest BCUT2D eigenvalue weighted by Gasteiger charge is 2.23. The Hall–Kier alpha value is -3.02. The van der Waals surface area contributed by atoms with E-state index in [0.717, 1.165) is 19.2 Å². The van der Waals surface area contributed by atoms with Crippen molar-refractivity contribution in [3.05, 3.63) is 39.7 Å². The number of hydrogen-bond donors (Lipinski definition) is 0. The van der Waals surface area contributed by atoms with E-state index in [2.05, 4.69) is 4.74 Å².